The second kappa shape index (κ2) is 33.7. The molecule has 0 radical (unpaired) electrons. The van der Waals surface area contributed by atoms with Gasteiger partial charge in [-0.15, -0.1) is 12.1 Å². The molecule has 9 heteroatoms. The van der Waals surface area contributed by atoms with Crippen molar-refractivity contribution in [2.75, 3.05) is 0 Å². The van der Waals surface area contributed by atoms with Crippen molar-refractivity contribution in [1.29, 1.82) is 0 Å². The first-order valence-electron chi connectivity index (χ1n) is 27.5. The van der Waals surface area contributed by atoms with Crippen molar-refractivity contribution in [3.63, 3.8) is 0 Å². The van der Waals surface area contributed by atoms with Gasteiger partial charge in [-0.2, -0.15) is 0 Å². The number of hydrogen-bond donors (Lipinski definition) is 1. The second-order valence-corrected chi connectivity index (χ2v) is 27.2. The number of aryl methyl sites for hydroxylation is 5. The molecule has 3 atom stereocenters. The van der Waals surface area contributed by atoms with Crippen molar-refractivity contribution in [1.82, 2.24) is 0 Å². The number of Topliss-reactive ketones (excluding diaryl/α,β-unsaturated/α-hetero) is 1. The third-order valence-electron chi connectivity index (χ3n) is 14.2. The average molecular weight is 1230 g/mol. The molecule has 81 heavy (non-hydrogen) atoms. The van der Waals surface area contributed by atoms with Crippen LogP contribution >= 0.6 is 35.2 Å². The van der Waals surface area contributed by atoms with Crippen LogP contribution in [-0.2, 0) is 47.2 Å². The van der Waals surface area contributed by atoms with Gasteiger partial charge in [0.2, 0.25) is 0 Å². The summed E-state index contributed by atoms with van der Waals surface area (Å²) in [6.07, 6.45) is 4.99. The molecule has 4 nitrogen and oxygen atoms in total. The molecule has 4 aliphatic rings. The van der Waals surface area contributed by atoms with Gasteiger partial charge in [0.05, 0.1) is 21.9 Å². The van der Waals surface area contributed by atoms with E-state index < -0.39 is 27.9 Å². The number of hydrogen-bond acceptors (Lipinski definition) is 2. The number of nitrogens with one attached hydrogen (secondary N) is 2. The Kier molecular flexibility index (Phi) is 25.9. The molecule has 14 rings (SSSR count). The Morgan fingerprint density at radius 3 is 1.14 bits per heavy atom. The molecule has 3 N–H and O–H groups in total. The summed E-state index contributed by atoms with van der Waals surface area (Å²) in [5.41, 5.74) is 27.2. The van der Waals surface area contributed by atoms with E-state index in [0.29, 0.717) is 0 Å². The van der Waals surface area contributed by atoms with Gasteiger partial charge >= 0.3 is 34.5 Å². The van der Waals surface area contributed by atoms with Crippen LogP contribution in [0.4, 0.5) is 0 Å². The number of benzene rings is 10. The number of carbonyl (C=O) groups excluding carboxylic acids is 1. The van der Waals surface area contributed by atoms with Gasteiger partial charge in [0, 0.05) is 5.56 Å². The van der Waals surface area contributed by atoms with Gasteiger partial charge in [-0.05, 0) is 140 Å². The maximum Gasteiger partial charge on any atom is -0.0606 e. The second-order valence-electron chi connectivity index (χ2n) is 19.7. The first-order chi connectivity index (χ1) is 39.6. The van der Waals surface area contributed by atoms with Crippen LogP contribution in [0.15, 0.2) is 273 Å². The van der Waals surface area contributed by atoms with E-state index in [2.05, 4.69) is 159 Å². The van der Waals surface area contributed by atoms with E-state index >= 15 is 0 Å². The minimum absolute atomic E-state index is 0.121. The molecule has 0 amide bonds. The largest absolute Gasteiger partial charge is 0.672 e. The van der Waals surface area contributed by atoms with Crippen molar-refractivity contribution < 1.29 is 25.0 Å². The van der Waals surface area contributed by atoms with E-state index in [-0.39, 0.29) is 27.0 Å². The van der Waals surface area contributed by atoms with Crippen LogP contribution in [-0.4, -0.2) is 10.9 Å². The number of aliphatic hydroxyl groups is 1. The third-order valence-corrected chi connectivity index (χ3v) is 19.9. The monoisotopic (exact) mass is 1230 g/mol. The normalized spacial score (nSPS) is 12.5. The molecule has 0 spiro atoms. The molecule has 0 fully saturated rings. The van der Waals surface area contributed by atoms with Crippen LogP contribution in [0, 0.1) is 0 Å². The molecule has 10 aromatic rings. The first-order valence-corrected chi connectivity index (χ1v) is 35.0. The van der Waals surface area contributed by atoms with Crippen LogP contribution in [0.25, 0.3) is 11.5 Å². The van der Waals surface area contributed by atoms with Crippen LogP contribution < -0.4 is 31.8 Å². The maximum atomic E-state index is 10.6. The van der Waals surface area contributed by atoms with Gasteiger partial charge in [0.15, 0.2) is 5.78 Å². The molecule has 10 aromatic carbocycles. The Balaban J connectivity index is 0.000000205. The number of halogens is 2. The summed E-state index contributed by atoms with van der Waals surface area (Å²) in [4.78, 5) is 10.6. The smallest absolute Gasteiger partial charge is 0.0606 e. The minimum atomic E-state index is -1.14. The summed E-state index contributed by atoms with van der Waals surface area (Å²) >= 11 is -0.346. The van der Waals surface area contributed by atoms with E-state index in [1.807, 2.05) is 121 Å². The topological polar surface area (TPSA) is 84.9 Å². The SMILES string of the molecule is CC(=O)c1ccccc1.CC(O)c1ccccc1.CCc1cc2c([PH+](c3ccccc3)c3ccccc3)cc1CCc1ccc(cc1[PH+](c1ccccc1)c1ccccc1)CC2.[Cl][Ru+2][Cl].[NH-]C(c1ccccc1)[C@H]([NH-])c1ccccc1. The third kappa shape index (κ3) is 18.7. The van der Waals surface area contributed by atoms with Crippen molar-refractivity contribution in [2.24, 2.45) is 0 Å². The molecule has 0 aromatic heterocycles. The number of aliphatic hydroxyl groups excluding tert-OH is 1. The van der Waals surface area contributed by atoms with Gasteiger partial charge in [-0.25, -0.2) is 0 Å². The van der Waals surface area contributed by atoms with E-state index in [1.54, 1.807) is 24.5 Å². The Morgan fingerprint density at radius 2 is 0.790 bits per heavy atom. The zero-order chi connectivity index (χ0) is 57.2. The predicted molar refractivity (Wildman–Crippen MR) is 350 cm³/mol. The predicted octanol–water partition coefficient (Wildman–Crippen LogP) is 16.7. The summed E-state index contributed by atoms with van der Waals surface area (Å²) < 4.78 is 0. The molecule has 0 saturated carbocycles. The molecule has 4 aliphatic carbocycles. The minimum Gasteiger partial charge on any atom is -0.672 e. The van der Waals surface area contributed by atoms with E-state index in [0.717, 1.165) is 54.4 Å². The van der Waals surface area contributed by atoms with Gasteiger partial charge in [-0.1, -0.05) is 230 Å². The fourth-order valence-corrected chi connectivity index (χ4v) is 15.7. The summed E-state index contributed by atoms with van der Waals surface area (Å²) in [5.74, 6) is 0.121. The molecule has 2 unspecified atom stereocenters. The zero-order valence-corrected chi connectivity index (χ0v) is 51.5. The summed E-state index contributed by atoms with van der Waals surface area (Å²) in [5, 5.41) is 18.0. The fourth-order valence-electron chi connectivity index (χ4n) is 10.0. The van der Waals surface area contributed by atoms with Gasteiger partial charge in [0.1, 0.15) is 31.8 Å². The fraction of sp³-hybridized carbons (Fsp3) is 0.153. The molecule has 4 bridgehead atoms. The number of carbonyl (C=O) groups is 1. The van der Waals surface area contributed by atoms with Crippen molar-refractivity contribution in [3.8, 4) is 0 Å². The number of rotatable bonds is 12. The summed E-state index contributed by atoms with van der Waals surface area (Å²) in [7, 11) is 7.43. The average Bonchev–Trinajstić information content (AvgIpc) is 3.54. The van der Waals surface area contributed by atoms with Gasteiger partial charge in [0.25, 0.3) is 0 Å². The van der Waals surface area contributed by atoms with Crippen LogP contribution in [0.1, 0.15) is 93.8 Å². The van der Waals surface area contributed by atoms with Crippen molar-refractivity contribution in [2.45, 2.75) is 71.1 Å². The van der Waals surface area contributed by atoms with Crippen LogP contribution in [0.3, 0.4) is 0 Å². The molecular weight excluding hydrogens is 1160 g/mol. The Labute approximate surface area is 499 Å². The van der Waals surface area contributed by atoms with E-state index in [9.17, 15) is 4.79 Å². The summed E-state index contributed by atoms with van der Waals surface area (Å²) in [6, 6.07) is 94.6. The first kappa shape index (κ1) is 62.4. The Morgan fingerprint density at radius 1 is 0.457 bits per heavy atom. The Bertz CT molecular complexity index is 3270. The molecule has 0 aliphatic heterocycles. The Hall–Kier alpha value is -6.19. The maximum absolute atomic E-state index is 10.6. The van der Waals surface area contributed by atoms with Crippen LogP contribution in [0.5, 0.6) is 0 Å². The molecule has 0 saturated heterocycles. The zero-order valence-electron chi connectivity index (χ0n) is 46.2. The molecule has 0 heterocycles. The van der Waals surface area contributed by atoms with Crippen molar-refractivity contribution >= 4 is 72.8 Å². The molecule has 412 valence electrons. The van der Waals surface area contributed by atoms with E-state index in [4.69, 9.17) is 36.0 Å². The number of ketones is 1. The van der Waals surface area contributed by atoms with Gasteiger partial charge < -0.3 is 16.6 Å². The van der Waals surface area contributed by atoms with Crippen molar-refractivity contribution in [3.05, 3.63) is 335 Å². The standard InChI is InChI=1S/C42H38P2.C14H14N2.C8H10O.C8H8O.2ClH.Ru/c1-2-33-30-36-26-24-32-23-25-34(41(29-32)43(37-15-7-3-8-16-37)38-17-9-4-10-18-38)27-28-35(33)31-42(36)44(39-19-11-5-12-20-39)40-21-13-6-14-22-40;15-13(11-7-3-1-4-8-11)14(16)12-9-5-2-6-10-12;2*1-7(9)8-5-3-2-4-6-8;;;/h3-23,25,29-31H,2,24,26-28H2,1H3;1-10,13-16H;2-7,9H,1H3;2-6H,1H3;2*1H;/q;-2;;;;;+4/t;13-,14?;;;;;/m.1...../s1. The van der Waals surface area contributed by atoms with Crippen LogP contribution in [0.2, 0.25) is 0 Å². The van der Waals surface area contributed by atoms with Gasteiger partial charge in [-0.3, -0.25) is 4.79 Å². The summed E-state index contributed by atoms with van der Waals surface area (Å²) in [6.45, 7) is 5.66. The molecular formula is C72H72Cl2N2O2P2Ru+2. The van der Waals surface area contributed by atoms with E-state index in [1.165, 1.54) is 49.0 Å². The quantitative estimate of drug-likeness (QED) is 0.0751.